The Morgan fingerprint density at radius 3 is 2.21 bits per heavy atom. The number of likely N-dealkylation sites (tertiary alicyclic amines) is 1. The average Bonchev–Trinajstić information content (AvgIpc) is 2.78. The molecule has 0 N–H and O–H groups in total. The number of benzene rings is 1. The van der Waals surface area contributed by atoms with Gasteiger partial charge in [-0.05, 0) is 82.4 Å². The van der Waals surface area contributed by atoms with Crippen LogP contribution in [0.25, 0.3) is 0 Å². The van der Waals surface area contributed by atoms with Crippen molar-refractivity contribution in [2.45, 2.75) is 84.7 Å². The summed E-state index contributed by atoms with van der Waals surface area (Å²) in [6, 6.07) is 6.91. The van der Waals surface area contributed by atoms with Crippen molar-refractivity contribution in [3.63, 3.8) is 0 Å². The number of piperidine rings is 2. The Balaban J connectivity index is 1.72. The Morgan fingerprint density at radius 1 is 1.03 bits per heavy atom. The zero-order chi connectivity index (χ0) is 24.2. The normalized spacial score (nSPS) is 18.5. The van der Waals surface area contributed by atoms with E-state index in [0.717, 1.165) is 51.9 Å². The summed E-state index contributed by atoms with van der Waals surface area (Å²) in [5.74, 6) is 0.837. The van der Waals surface area contributed by atoms with E-state index in [-0.39, 0.29) is 18.0 Å². The van der Waals surface area contributed by atoms with Crippen LogP contribution in [-0.4, -0.2) is 55.3 Å². The Hall–Kier alpha value is -2.24. The highest BCUT2D eigenvalue weighted by Crippen LogP contribution is 2.38. The molecule has 3 rings (SSSR count). The predicted octanol–water partition coefficient (Wildman–Crippen LogP) is 5.70. The molecule has 0 bridgehead atoms. The van der Waals surface area contributed by atoms with Gasteiger partial charge >= 0.3 is 12.1 Å². The zero-order valence-corrected chi connectivity index (χ0v) is 21.4. The maximum absolute atomic E-state index is 12.5. The monoisotopic (exact) mass is 458 g/mol. The second kappa shape index (κ2) is 10.8. The van der Waals surface area contributed by atoms with Crippen LogP contribution in [0.2, 0.25) is 0 Å². The van der Waals surface area contributed by atoms with E-state index < -0.39 is 5.60 Å². The average molecular weight is 459 g/mol. The molecule has 2 aliphatic rings. The lowest BCUT2D eigenvalue weighted by molar-refractivity contribution is -0.148. The molecule has 2 saturated heterocycles. The Labute approximate surface area is 199 Å². The molecule has 0 radical (unpaired) electrons. The number of hydrogen-bond acceptors (Lipinski definition) is 5. The quantitative estimate of drug-likeness (QED) is 0.530. The topological polar surface area (TPSA) is 59.1 Å². The fourth-order valence-electron chi connectivity index (χ4n) is 4.85. The highest BCUT2D eigenvalue weighted by Gasteiger charge is 2.31. The number of ether oxygens (including phenoxy) is 2. The molecule has 184 valence electrons. The van der Waals surface area contributed by atoms with E-state index in [2.05, 4.69) is 36.9 Å². The van der Waals surface area contributed by atoms with E-state index in [9.17, 15) is 9.59 Å². The molecular formula is C27H42N2O4. The summed E-state index contributed by atoms with van der Waals surface area (Å²) in [4.78, 5) is 29.0. The van der Waals surface area contributed by atoms with Gasteiger partial charge in [0.25, 0.3) is 0 Å². The molecule has 2 aliphatic heterocycles. The van der Waals surface area contributed by atoms with E-state index in [1.54, 1.807) is 0 Å². The largest absolute Gasteiger partial charge is 0.466 e. The summed E-state index contributed by atoms with van der Waals surface area (Å²) < 4.78 is 10.8. The van der Waals surface area contributed by atoms with E-state index in [0.29, 0.717) is 18.4 Å². The zero-order valence-electron chi connectivity index (χ0n) is 21.4. The molecule has 0 atom stereocenters. The Morgan fingerprint density at radius 2 is 1.67 bits per heavy atom. The van der Waals surface area contributed by atoms with Crippen LogP contribution in [0.15, 0.2) is 18.2 Å². The van der Waals surface area contributed by atoms with Gasteiger partial charge < -0.3 is 19.3 Å². The molecule has 1 amide bonds. The van der Waals surface area contributed by atoms with Crippen LogP contribution < -0.4 is 4.90 Å². The van der Waals surface area contributed by atoms with Crippen molar-refractivity contribution in [3.8, 4) is 0 Å². The second-order valence-corrected chi connectivity index (χ2v) is 10.7. The van der Waals surface area contributed by atoms with Gasteiger partial charge in [0, 0.05) is 31.9 Å². The first-order chi connectivity index (χ1) is 15.6. The number of hydrogen-bond donors (Lipinski definition) is 0. The van der Waals surface area contributed by atoms with E-state index in [4.69, 9.17) is 9.47 Å². The third kappa shape index (κ3) is 6.64. The minimum Gasteiger partial charge on any atom is -0.466 e. The summed E-state index contributed by atoms with van der Waals surface area (Å²) in [5.41, 5.74) is 3.55. The van der Waals surface area contributed by atoms with Gasteiger partial charge in [-0.25, -0.2) is 4.79 Å². The molecule has 0 spiro atoms. The lowest BCUT2D eigenvalue weighted by Crippen LogP contribution is -2.41. The van der Waals surface area contributed by atoms with Gasteiger partial charge in [0.15, 0.2) is 0 Å². The molecule has 1 aromatic carbocycles. The maximum atomic E-state index is 12.5. The van der Waals surface area contributed by atoms with Gasteiger partial charge in [-0.1, -0.05) is 26.0 Å². The van der Waals surface area contributed by atoms with Crippen LogP contribution in [0.1, 0.15) is 90.2 Å². The summed E-state index contributed by atoms with van der Waals surface area (Å²) in [6.07, 6.45) is 3.33. The van der Waals surface area contributed by atoms with E-state index in [1.807, 2.05) is 32.6 Å². The standard InChI is InChI=1S/C27H42N2O4/c1-7-32-25(30)21-12-14-28(15-13-21)24-18-22(19(2)3)8-9-23(24)20-10-16-29(17-11-20)26(31)33-27(4,5)6/h8-9,18-21H,7,10-17H2,1-6H3. The summed E-state index contributed by atoms with van der Waals surface area (Å²) in [5, 5.41) is 0. The van der Waals surface area contributed by atoms with Gasteiger partial charge in [0.2, 0.25) is 0 Å². The number of nitrogens with zero attached hydrogens (tertiary/aromatic N) is 2. The third-order valence-electron chi connectivity index (χ3n) is 6.76. The minimum atomic E-state index is -0.469. The molecule has 0 saturated carbocycles. The van der Waals surface area contributed by atoms with Crippen LogP contribution in [0.4, 0.5) is 10.5 Å². The van der Waals surface area contributed by atoms with Crippen LogP contribution in [0, 0.1) is 5.92 Å². The SMILES string of the molecule is CCOC(=O)C1CCN(c2cc(C(C)C)ccc2C2CCN(C(=O)OC(C)(C)C)CC2)CC1. The van der Waals surface area contributed by atoms with Gasteiger partial charge in [-0.15, -0.1) is 0 Å². The molecular weight excluding hydrogens is 416 g/mol. The fourth-order valence-corrected chi connectivity index (χ4v) is 4.85. The van der Waals surface area contributed by atoms with Crippen molar-refractivity contribution < 1.29 is 19.1 Å². The van der Waals surface area contributed by atoms with Gasteiger partial charge in [-0.3, -0.25) is 4.79 Å². The number of carbonyl (C=O) groups excluding carboxylic acids is 2. The van der Waals surface area contributed by atoms with Crippen molar-refractivity contribution in [1.29, 1.82) is 0 Å². The van der Waals surface area contributed by atoms with Gasteiger partial charge in [-0.2, -0.15) is 0 Å². The molecule has 6 heteroatoms. The van der Waals surface area contributed by atoms with E-state index in [1.165, 1.54) is 16.8 Å². The van der Waals surface area contributed by atoms with Crippen LogP contribution in [0.5, 0.6) is 0 Å². The van der Waals surface area contributed by atoms with Crippen molar-refractivity contribution in [2.75, 3.05) is 37.7 Å². The highest BCUT2D eigenvalue weighted by atomic mass is 16.6. The molecule has 0 aromatic heterocycles. The van der Waals surface area contributed by atoms with Crippen molar-refractivity contribution in [2.24, 2.45) is 5.92 Å². The lowest BCUT2D eigenvalue weighted by atomic mass is 9.85. The minimum absolute atomic E-state index is 0.00926. The summed E-state index contributed by atoms with van der Waals surface area (Å²) in [6.45, 7) is 15.7. The molecule has 2 fully saturated rings. The highest BCUT2D eigenvalue weighted by molar-refractivity contribution is 5.73. The van der Waals surface area contributed by atoms with Crippen LogP contribution in [0.3, 0.4) is 0 Å². The first-order valence-corrected chi connectivity index (χ1v) is 12.6. The van der Waals surface area contributed by atoms with Gasteiger partial charge in [0.1, 0.15) is 5.60 Å². The third-order valence-corrected chi connectivity index (χ3v) is 6.76. The number of rotatable bonds is 5. The molecule has 33 heavy (non-hydrogen) atoms. The second-order valence-electron chi connectivity index (χ2n) is 10.7. The van der Waals surface area contributed by atoms with Crippen molar-refractivity contribution >= 4 is 17.7 Å². The first-order valence-electron chi connectivity index (χ1n) is 12.6. The van der Waals surface area contributed by atoms with Crippen molar-refractivity contribution in [3.05, 3.63) is 29.3 Å². The smallest absolute Gasteiger partial charge is 0.410 e. The van der Waals surface area contributed by atoms with Crippen molar-refractivity contribution in [1.82, 2.24) is 4.90 Å². The predicted molar refractivity (Wildman–Crippen MR) is 132 cm³/mol. The fraction of sp³-hybridized carbons (Fsp3) is 0.704. The first kappa shape index (κ1) is 25.4. The maximum Gasteiger partial charge on any atom is 0.410 e. The molecule has 0 aliphatic carbocycles. The Kier molecular flexibility index (Phi) is 8.30. The molecule has 1 aromatic rings. The van der Waals surface area contributed by atoms with Gasteiger partial charge in [0.05, 0.1) is 12.5 Å². The number of carbonyl (C=O) groups is 2. The summed E-state index contributed by atoms with van der Waals surface area (Å²) >= 11 is 0. The molecule has 6 nitrogen and oxygen atoms in total. The Bertz CT molecular complexity index is 814. The number of esters is 1. The molecule has 2 heterocycles. The summed E-state index contributed by atoms with van der Waals surface area (Å²) in [7, 11) is 0. The molecule has 0 unspecified atom stereocenters. The van der Waals surface area contributed by atoms with Crippen LogP contribution in [-0.2, 0) is 14.3 Å². The van der Waals surface area contributed by atoms with E-state index >= 15 is 0 Å². The number of anilines is 1. The van der Waals surface area contributed by atoms with Crippen LogP contribution >= 0.6 is 0 Å². The lowest BCUT2D eigenvalue weighted by Gasteiger charge is -2.38. The number of amides is 1.